The minimum Gasteiger partial charge on any atom is -0.456 e. The molecule has 0 amide bonds. The summed E-state index contributed by atoms with van der Waals surface area (Å²) in [6, 6.07) is 0. The highest BCUT2D eigenvalue weighted by atomic mass is 16.7. The minimum absolute atomic E-state index is 0.232. The lowest BCUT2D eigenvalue weighted by atomic mass is 9.60. The Morgan fingerprint density at radius 2 is 1.89 bits per heavy atom. The maximum atomic E-state index is 11.9. The highest BCUT2D eigenvalue weighted by molar-refractivity contribution is 5.85. The molecule has 0 aromatic heterocycles. The summed E-state index contributed by atoms with van der Waals surface area (Å²) >= 11 is 0. The van der Waals surface area contributed by atoms with Crippen LogP contribution in [0.1, 0.15) is 47.0 Å². The van der Waals surface area contributed by atoms with Gasteiger partial charge in [0.15, 0.2) is 0 Å². The van der Waals surface area contributed by atoms with Gasteiger partial charge in [0.05, 0.1) is 0 Å². The number of carbonyl (C=O) groups excluding carboxylic acids is 2. The summed E-state index contributed by atoms with van der Waals surface area (Å²) < 4.78 is 11.6. The molecule has 19 heavy (non-hydrogen) atoms. The van der Waals surface area contributed by atoms with Crippen LogP contribution in [0.25, 0.3) is 0 Å². The Morgan fingerprint density at radius 1 is 1.21 bits per heavy atom. The van der Waals surface area contributed by atoms with Crippen LogP contribution in [0.5, 0.6) is 0 Å². The molecule has 0 bridgehead atoms. The molecule has 2 heterocycles. The predicted molar refractivity (Wildman–Crippen MR) is 68.5 cm³/mol. The van der Waals surface area contributed by atoms with Crippen LogP contribution in [0, 0.1) is 5.41 Å². The van der Waals surface area contributed by atoms with E-state index in [0.717, 1.165) is 5.57 Å². The van der Waals surface area contributed by atoms with E-state index in [1.807, 2.05) is 27.7 Å². The first kappa shape index (κ1) is 12.9. The average Bonchev–Trinajstić information content (AvgIpc) is 2.83. The molecule has 104 valence electrons. The number of epoxide rings is 1. The number of esters is 1. The van der Waals surface area contributed by atoms with Gasteiger partial charge >= 0.3 is 5.97 Å². The van der Waals surface area contributed by atoms with Crippen molar-refractivity contribution in [3.63, 3.8) is 0 Å². The lowest BCUT2D eigenvalue weighted by Crippen LogP contribution is -2.54. The standard InChI is InChI=1S/C15H20O4/c1-9-5-11(18-12(17)6-9)15-13(2,3)7-10(16)8-14(15,4)19-15/h6,11H,5,7-8H2,1-4H3. The van der Waals surface area contributed by atoms with Gasteiger partial charge in [0, 0.05) is 30.8 Å². The lowest BCUT2D eigenvalue weighted by molar-refractivity contribution is -0.152. The van der Waals surface area contributed by atoms with E-state index in [2.05, 4.69) is 0 Å². The quantitative estimate of drug-likeness (QED) is 0.538. The van der Waals surface area contributed by atoms with E-state index < -0.39 is 11.2 Å². The van der Waals surface area contributed by atoms with Crippen LogP contribution in [0.15, 0.2) is 11.6 Å². The average molecular weight is 264 g/mol. The summed E-state index contributed by atoms with van der Waals surface area (Å²) in [7, 11) is 0. The normalized spacial score (nSPS) is 44.2. The van der Waals surface area contributed by atoms with Crippen LogP contribution < -0.4 is 0 Å². The van der Waals surface area contributed by atoms with Crippen molar-refractivity contribution in [2.45, 2.75) is 64.3 Å². The smallest absolute Gasteiger partial charge is 0.331 e. The van der Waals surface area contributed by atoms with Gasteiger partial charge in [-0.3, -0.25) is 4.79 Å². The van der Waals surface area contributed by atoms with Gasteiger partial charge in [-0.05, 0) is 13.8 Å². The molecular weight excluding hydrogens is 244 g/mol. The number of ether oxygens (including phenoxy) is 2. The van der Waals surface area contributed by atoms with Crippen LogP contribution >= 0.6 is 0 Å². The molecule has 3 rings (SSSR count). The lowest BCUT2D eigenvalue weighted by Gasteiger charge is -2.42. The van der Waals surface area contributed by atoms with E-state index in [0.29, 0.717) is 19.3 Å². The fourth-order valence-corrected chi connectivity index (χ4v) is 4.25. The fraction of sp³-hybridized carbons (Fsp3) is 0.733. The molecule has 0 radical (unpaired) electrons. The van der Waals surface area contributed by atoms with Crippen molar-refractivity contribution in [2.24, 2.45) is 5.41 Å². The highest BCUT2D eigenvalue weighted by Gasteiger charge is 2.80. The molecule has 1 saturated heterocycles. The summed E-state index contributed by atoms with van der Waals surface area (Å²) in [6.45, 7) is 7.98. The zero-order chi connectivity index (χ0) is 14.1. The van der Waals surface area contributed by atoms with Crippen LogP contribution in [-0.4, -0.2) is 29.1 Å². The number of hydrogen-bond acceptors (Lipinski definition) is 4. The molecule has 3 aliphatic rings. The second-order valence-electron chi connectivity index (χ2n) is 6.97. The van der Waals surface area contributed by atoms with Crippen LogP contribution in [-0.2, 0) is 19.1 Å². The third-order valence-electron chi connectivity index (χ3n) is 4.89. The van der Waals surface area contributed by atoms with Crippen molar-refractivity contribution in [3.8, 4) is 0 Å². The number of rotatable bonds is 1. The molecule has 3 atom stereocenters. The molecule has 2 aliphatic heterocycles. The van der Waals surface area contributed by atoms with E-state index >= 15 is 0 Å². The molecule has 4 heteroatoms. The number of ketones is 1. The summed E-state index contributed by atoms with van der Waals surface area (Å²) in [5.74, 6) is -0.0660. The van der Waals surface area contributed by atoms with Gasteiger partial charge in [-0.25, -0.2) is 4.79 Å². The van der Waals surface area contributed by atoms with Crippen LogP contribution in [0.4, 0.5) is 0 Å². The van der Waals surface area contributed by atoms with Gasteiger partial charge in [-0.2, -0.15) is 0 Å². The number of fused-ring (bicyclic) bond motifs is 1. The fourth-order valence-electron chi connectivity index (χ4n) is 4.25. The Labute approximate surface area is 113 Å². The molecule has 0 aromatic rings. The van der Waals surface area contributed by atoms with E-state index in [1.54, 1.807) is 0 Å². The third-order valence-corrected chi connectivity index (χ3v) is 4.89. The van der Waals surface area contributed by atoms with Crippen molar-refractivity contribution in [2.75, 3.05) is 0 Å². The van der Waals surface area contributed by atoms with E-state index in [-0.39, 0.29) is 23.3 Å². The predicted octanol–water partition coefficient (Wildman–Crippen LogP) is 2.17. The minimum atomic E-state index is -0.515. The van der Waals surface area contributed by atoms with E-state index in [1.165, 1.54) is 6.08 Å². The Kier molecular flexibility index (Phi) is 2.35. The molecular formula is C15H20O4. The second kappa shape index (κ2) is 3.48. The first-order valence-corrected chi connectivity index (χ1v) is 6.80. The number of cyclic esters (lactones) is 1. The van der Waals surface area contributed by atoms with Gasteiger partial charge in [0.1, 0.15) is 23.1 Å². The monoisotopic (exact) mass is 264 g/mol. The van der Waals surface area contributed by atoms with Gasteiger partial charge in [0.2, 0.25) is 0 Å². The summed E-state index contributed by atoms with van der Waals surface area (Å²) in [5.41, 5.74) is -0.283. The molecule has 0 aromatic carbocycles. The van der Waals surface area contributed by atoms with E-state index in [9.17, 15) is 9.59 Å². The Balaban J connectivity index is 1.98. The Morgan fingerprint density at radius 3 is 2.47 bits per heavy atom. The summed E-state index contributed by atoms with van der Waals surface area (Å²) in [6.07, 6.45) is 2.86. The first-order chi connectivity index (χ1) is 8.70. The van der Waals surface area contributed by atoms with Crippen molar-refractivity contribution >= 4 is 11.8 Å². The molecule has 3 unspecified atom stereocenters. The molecule has 1 saturated carbocycles. The van der Waals surface area contributed by atoms with Crippen LogP contribution in [0.2, 0.25) is 0 Å². The summed E-state index contributed by atoms with van der Waals surface area (Å²) in [4.78, 5) is 23.5. The van der Waals surface area contributed by atoms with Crippen molar-refractivity contribution in [3.05, 3.63) is 11.6 Å². The van der Waals surface area contributed by atoms with Gasteiger partial charge in [-0.15, -0.1) is 0 Å². The van der Waals surface area contributed by atoms with Gasteiger partial charge < -0.3 is 9.47 Å². The molecule has 0 N–H and O–H groups in total. The van der Waals surface area contributed by atoms with Crippen LogP contribution in [0.3, 0.4) is 0 Å². The maximum absolute atomic E-state index is 11.9. The SMILES string of the molecule is CC1=CC(=O)OC(C23OC2(C)CC(=O)CC3(C)C)C1. The second-order valence-corrected chi connectivity index (χ2v) is 6.97. The van der Waals surface area contributed by atoms with Crippen molar-refractivity contribution in [1.29, 1.82) is 0 Å². The van der Waals surface area contributed by atoms with Gasteiger partial charge in [0.25, 0.3) is 0 Å². The highest BCUT2D eigenvalue weighted by Crippen LogP contribution is 2.67. The molecule has 2 fully saturated rings. The zero-order valence-electron chi connectivity index (χ0n) is 11.9. The largest absolute Gasteiger partial charge is 0.456 e. The zero-order valence-corrected chi connectivity index (χ0v) is 11.9. The third kappa shape index (κ3) is 1.55. The Hall–Kier alpha value is -1.16. The number of Topliss-reactive ketones (excluding diaryl/α,β-unsaturated/α-hetero) is 1. The topological polar surface area (TPSA) is 55.9 Å². The van der Waals surface area contributed by atoms with Crippen molar-refractivity contribution < 1.29 is 19.1 Å². The summed E-state index contributed by atoms with van der Waals surface area (Å²) in [5, 5.41) is 0. The first-order valence-electron chi connectivity index (χ1n) is 6.80. The maximum Gasteiger partial charge on any atom is 0.331 e. The van der Waals surface area contributed by atoms with Crippen molar-refractivity contribution in [1.82, 2.24) is 0 Å². The molecule has 0 spiro atoms. The Bertz CT molecular complexity index is 504. The number of hydrogen-bond donors (Lipinski definition) is 0. The molecule has 1 aliphatic carbocycles. The van der Waals surface area contributed by atoms with Gasteiger partial charge in [-0.1, -0.05) is 19.4 Å². The van der Waals surface area contributed by atoms with E-state index in [4.69, 9.17) is 9.47 Å². The molecule has 4 nitrogen and oxygen atoms in total. The number of carbonyl (C=O) groups is 2.